The zero-order valence-electron chi connectivity index (χ0n) is 7.98. The lowest BCUT2D eigenvalue weighted by atomic mass is 10.4. The maximum absolute atomic E-state index is 11.3. The highest BCUT2D eigenvalue weighted by Crippen LogP contribution is 2.09. The summed E-state index contributed by atoms with van der Waals surface area (Å²) in [4.78, 5) is 24.1. The number of thioether (sulfide) groups is 1. The molecule has 0 fully saturated rings. The largest absolute Gasteiger partial charge is 0.494 e. The highest BCUT2D eigenvalue weighted by molar-refractivity contribution is 7.99. The van der Waals surface area contributed by atoms with E-state index in [9.17, 15) is 14.7 Å². The lowest BCUT2D eigenvalue weighted by Gasteiger charge is -2.11. The van der Waals surface area contributed by atoms with E-state index in [0.29, 0.717) is 6.54 Å². The Labute approximate surface area is 84.8 Å². The molecule has 1 aromatic rings. The van der Waals surface area contributed by atoms with Crippen molar-refractivity contribution in [2.75, 3.05) is 6.26 Å². The van der Waals surface area contributed by atoms with Gasteiger partial charge in [-0.1, -0.05) is 6.92 Å². The molecule has 0 saturated carbocycles. The third-order valence-electron chi connectivity index (χ3n) is 1.85. The van der Waals surface area contributed by atoms with Gasteiger partial charge in [0.15, 0.2) is 0 Å². The van der Waals surface area contributed by atoms with Gasteiger partial charge < -0.3 is 5.11 Å². The number of rotatable bonds is 3. The van der Waals surface area contributed by atoms with Crippen LogP contribution in [0.5, 0.6) is 5.88 Å². The molecule has 0 bridgehead atoms. The predicted octanol–water partition coefficient (Wildman–Crippen LogP) is -0.00630. The fraction of sp³-hybridized carbons (Fsp3) is 0.500. The first-order chi connectivity index (χ1) is 6.54. The molecule has 5 nitrogen and oxygen atoms in total. The first-order valence-electron chi connectivity index (χ1n) is 4.10. The van der Waals surface area contributed by atoms with E-state index in [1.807, 2.05) is 13.2 Å². The van der Waals surface area contributed by atoms with E-state index in [0.717, 1.165) is 10.6 Å². The first kappa shape index (κ1) is 10.9. The number of nitrogens with one attached hydrogen (secondary N) is 1. The van der Waals surface area contributed by atoms with Gasteiger partial charge in [-0.3, -0.25) is 14.3 Å². The van der Waals surface area contributed by atoms with Gasteiger partial charge in [-0.05, 0) is 6.26 Å². The molecular formula is C8H12N2O3S. The van der Waals surface area contributed by atoms with Gasteiger partial charge >= 0.3 is 5.69 Å². The molecule has 0 radical (unpaired) electrons. The van der Waals surface area contributed by atoms with Crippen molar-refractivity contribution in [2.24, 2.45) is 0 Å². The molecule has 1 unspecified atom stereocenters. The average molecular weight is 216 g/mol. The summed E-state index contributed by atoms with van der Waals surface area (Å²) in [6, 6.07) is 0.994. The van der Waals surface area contributed by atoms with Crippen LogP contribution >= 0.6 is 11.8 Å². The molecule has 0 aliphatic carbocycles. The van der Waals surface area contributed by atoms with Gasteiger partial charge in [0.25, 0.3) is 5.56 Å². The third-order valence-corrected chi connectivity index (χ3v) is 2.81. The van der Waals surface area contributed by atoms with E-state index in [1.165, 1.54) is 0 Å². The van der Waals surface area contributed by atoms with Crippen LogP contribution in [-0.2, 0) is 6.54 Å². The SMILES string of the molecule is CSC(C)Cn1c(O)cc(=O)[nH]c1=O. The van der Waals surface area contributed by atoms with E-state index >= 15 is 0 Å². The van der Waals surface area contributed by atoms with Crippen molar-refractivity contribution < 1.29 is 5.11 Å². The van der Waals surface area contributed by atoms with E-state index < -0.39 is 11.2 Å². The second-order valence-corrected chi connectivity index (χ2v) is 4.23. The fourth-order valence-corrected chi connectivity index (χ4v) is 1.31. The second-order valence-electron chi connectivity index (χ2n) is 2.95. The minimum atomic E-state index is -0.583. The van der Waals surface area contributed by atoms with Crippen LogP contribution in [0.3, 0.4) is 0 Å². The summed E-state index contributed by atoms with van der Waals surface area (Å²) in [5, 5.41) is 9.55. The summed E-state index contributed by atoms with van der Waals surface area (Å²) in [7, 11) is 0. The molecule has 1 atom stereocenters. The molecule has 0 amide bonds. The fourth-order valence-electron chi connectivity index (χ4n) is 1.02. The number of aromatic hydroxyl groups is 1. The highest BCUT2D eigenvalue weighted by atomic mass is 32.2. The maximum atomic E-state index is 11.3. The van der Waals surface area contributed by atoms with Crippen molar-refractivity contribution in [3.8, 4) is 5.88 Å². The van der Waals surface area contributed by atoms with Gasteiger partial charge in [0, 0.05) is 11.8 Å². The van der Waals surface area contributed by atoms with Crippen molar-refractivity contribution in [3.05, 3.63) is 26.9 Å². The smallest absolute Gasteiger partial charge is 0.331 e. The minimum Gasteiger partial charge on any atom is -0.494 e. The molecule has 78 valence electrons. The zero-order chi connectivity index (χ0) is 10.7. The average Bonchev–Trinajstić information content (AvgIpc) is 2.10. The van der Waals surface area contributed by atoms with Crippen molar-refractivity contribution in [3.63, 3.8) is 0 Å². The lowest BCUT2D eigenvalue weighted by Crippen LogP contribution is -2.31. The van der Waals surface area contributed by atoms with Crippen molar-refractivity contribution in [2.45, 2.75) is 18.7 Å². The Bertz CT molecular complexity index is 423. The Morgan fingerprint density at radius 1 is 1.64 bits per heavy atom. The van der Waals surface area contributed by atoms with Gasteiger partial charge in [0.05, 0.1) is 6.07 Å². The summed E-state index contributed by atoms with van der Waals surface area (Å²) in [5.41, 5.74) is -1.16. The van der Waals surface area contributed by atoms with E-state index in [1.54, 1.807) is 11.8 Å². The van der Waals surface area contributed by atoms with Gasteiger partial charge in [-0.2, -0.15) is 11.8 Å². The van der Waals surface area contributed by atoms with Gasteiger partial charge in [-0.15, -0.1) is 0 Å². The molecule has 1 rings (SSSR count). The predicted molar refractivity (Wildman–Crippen MR) is 56.0 cm³/mol. The van der Waals surface area contributed by atoms with Crippen LogP contribution in [0.4, 0.5) is 0 Å². The molecule has 0 aromatic carbocycles. The summed E-state index contributed by atoms with van der Waals surface area (Å²) in [6.07, 6.45) is 1.92. The van der Waals surface area contributed by atoms with Crippen LogP contribution in [0.1, 0.15) is 6.92 Å². The number of aromatic amines is 1. The quantitative estimate of drug-likeness (QED) is 0.745. The minimum absolute atomic E-state index is 0.199. The summed E-state index contributed by atoms with van der Waals surface area (Å²) >= 11 is 1.58. The zero-order valence-corrected chi connectivity index (χ0v) is 8.80. The van der Waals surface area contributed by atoms with Gasteiger partial charge in [-0.25, -0.2) is 4.79 Å². The van der Waals surface area contributed by atoms with Crippen LogP contribution < -0.4 is 11.2 Å². The van der Waals surface area contributed by atoms with Crippen molar-refractivity contribution >= 4 is 11.8 Å². The standard InChI is InChI=1S/C8H12N2O3S/c1-5(14-2)4-10-7(12)3-6(11)9-8(10)13/h3,5,12H,4H2,1-2H3,(H,9,11,13). The molecule has 2 N–H and O–H groups in total. The first-order valence-corrected chi connectivity index (χ1v) is 5.39. The lowest BCUT2D eigenvalue weighted by molar-refractivity contribution is 0.400. The van der Waals surface area contributed by atoms with E-state index in [2.05, 4.69) is 4.98 Å². The van der Waals surface area contributed by atoms with Crippen LogP contribution in [-0.4, -0.2) is 26.2 Å². The molecule has 1 aromatic heterocycles. The van der Waals surface area contributed by atoms with Gasteiger partial charge in [0.1, 0.15) is 0 Å². The van der Waals surface area contributed by atoms with Gasteiger partial charge in [0.2, 0.25) is 5.88 Å². The number of hydrogen-bond donors (Lipinski definition) is 2. The molecule has 0 spiro atoms. The Morgan fingerprint density at radius 3 is 2.79 bits per heavy atom. The summed E-state index contributed by atoms with van der Waals surface area (Å²) in [6.45, 7) is 2.31. The Balaban J connectivity index is 3.09. The number of aromatic nitrogens is 2. The monoisotopic (exact) mass is 216 g/mol. The van der Waals surface area contributed by atoms with Crippen LogP contribution in [0.25, 0.3) is 0 Å². The second kappa shape index (κ2) is 4.36. The molecular weight excluding hydrogens is 204 g/mol. The summed E-state index contributed by atoms with van der Waals surface area (Å²) in [5.74, 6) is -0.292. The molecule has 1 heterocycles. The van der Waals surface area contributed by atoms with E-state index in [-0.39, 0.29) is 11.1 Å². The highest BCUT2D eigenvalue weighted by Gasteiger charge is 2.07. The summed E-state index contributed by atoms with van der Waals surface area (Å²) < 4.78 is 1.14. The Morgan fingerprint density at radius 2 is 2.29 bits per heavy atom. The number of H-pyrrole nitrogens is 1. The Hall–Kier alpha value is -1.17. The van der Waals surface area contributed by atoms with E-state index in [4.69, 9.17) is 0 Å². The molecule has 14 heavy (non-hydrogen) atoms. The van der Waals surface area contributed by atoms with Crippen molar-refractivity contribution in [1.82, 2.24) is 9.55 Å². The number of nitrogens with zero attached hydrogens (tertiary/aromatic N) is 1. The molecule has 6 heteroatoms. The van der Waals surface area contributed by atoms with Crippen LogP contribution in [0, 0.1) is 0 Å². The van der Waals surface area contributed by atoms with Crippen LogP contribution in [0.2, 0.25) is 0 Å². The Kier molecular flexibility index (Phi) is 3.40. The normalized spacial score (nSPS) is 12.7. The van der Waals surface area contributed by atoms with Crippen molar-refractivity contribution in [1.29, 1.82) is 0 Å². The molecule has 0 aliphatic heterocycles. The number of hydrogen-bond acceptors (Lipinski definition) is 4. The van der Waals surface area contributed by atoms with Crippen LogP contribution in [0.15, 0.2) is 15.7 Å². The maximum Gasteiger partial charge on any atom is 0.331 e. The third kappa shape index (κ3) is 2.41. The molecule has 0 saturated heterocycles. The topological polar surface area (TPSA) is 75.1 Å². The molecule has 0 aliphatic rings.